The Morgan fingerprint density at radius 1 is 1.06 bits per heavy atom. The van der Waals surface area contributed by atoms with E-state index in [0.717, 1.165) is 19.3 Å². The van der Waals surface area contributed by atoms with Gasteiger partial charge in [0.2, 0.25) is 0 Å². The van der Waals surface area contributed by atoms with Crippen LogP contribution in [-0.4, -0.2) is 30.0 Å². The first-order valence-electron chi connectivity index (χ1n) is 6.34. The lowest BCUT2D eigenvalue weighted by Crippen LogP contribution is -2.55. The van der Waals surface area contributed by atoms with E-state index in [1.165, 1.54) is 19.3 Å². The number of hydrogen-bond donors (Lipinski definition) is 1. The number of carboxylic acid groups (broad SMARTS) is 1. The largest absolute Gasteiger partial charge is 0.480 e. The molecule has 17 heavy (non-hydrogen) atoms. The second kappa shape index (κ2) is 3.46. The molecule has 4 fully saturated rings. The van der Waals surface area contributed by atoms with Crippen LogP contribution >= 0.6 is 0 Å². The molecule has 0 aromatic heterocycles. The van der Waals surface area contributed by atoms with E-state index in [-0.39, 0.29) is 0 Å². The number of rotatable bonds is 3. The van der Waals surface area contributed by atoms with E-state index in [9.17, 15) is 13.2 Å². The van der Waals surface area contributed by atoms with Crippen LogP contribution in [0.3, 0.4) is 0 Å². The van der Waals surface area contributed by atoms with Gasteiger partial charge < -0.3 is 5.11 Å². The molecular weight excluding hydrogens is 240 g/mol. The minimum Gasteiger partial charge on any atom is -0.480 e. The van der Waals surface area contributed by atoms with Crippen molar-refractivity contribution in [3.05, 3.63) is 0 Å². The Bertz CT molecular complexity index is 416. The van der Waals surface area contributed by atoms with Gasteiger partial charge in [0.05, 0.1) is 4.75 Å². The summed E-state index contributed by atoms with van der Waals surface area (Å²) in [5.74, 6) is -0.292. The minimum atomic E-state index is -3.48. The van der Waals surface area contributed by atoms with E-state index in [1.54, 1.807) is 0 Å². The maximum Gasteiger partial charge on any atom is 0.318 e. The number of carbonyl (C=O) groups is 1. The molecule has 0 saturated heterocycles. The van der Waals surface area contributed by atoms with Crippen molar-refractivity contribution in [1.82, 2.24) is 0 Å². The fraction of sp³-hybridized carbons (Fsp3) is 0.917. The van der Waals surface area contributed by atoms with Crippen molar-refractivity contribution < 1.29 is 18.3 Å². The Balaban J connectivity index is 1.94. The normalized spacial score (nSPS) is 43.9. The van der Waals surface area contributed by atoms with Crippen LogP contribution in [0.2, 0.25) is 0 Å². The second-order valence-electron chi connectivity index (χ2n) is 6.25. The molecule has 0 atom stereocenters. The Kier molecular flexibility index (Phi) is 2.35. The molecule has 0 aliphatic heterocycles. The van der Waals surface area contributed by atoms with Crippen molar-refractivity contribution in [3.8, 4) is 0 Å². The third-order valence-electron chi connectivity index (χ3n) is 4.96. The molecule has 0 radical (unpaired) electrons. The minimum absolute atomic E-state index is 0.532. The van der Waals surface area contributed by atoms with Crippen LogP contribution in [0, 0.1) is 17.8 Å². The standard InChI is InChI=1S/C12H18O4S/c13-11(14)7-17(15,16)12-4-8-1-9(5-12)3-10(2-8)6-12/h8-10H,1-7H2,(H,13,14). The Morgan fingerprint density at radius 3 is 1.82 bits per heavy atom. The topological polar surface area (TPSA) is 71.4 Å². The first-order valence-corrected chi connectivity index (χ1v) is 7.99. The van der Waals surface area contributed by atoms with Crippen LogP contribution < -0.4 is 0 Å². The van der Waals surface area contributed by atoms with Gasteiger partial charge in [0, 0.05) is 0 Å². The van der Waals surface area contributed by atoms with Crippen LogP contribution in [-0.2, 0) is 14.6 Å². The van der Waals surface area contributed by atoms with E-state index in [0.29, 0.717) is 17.8 Å². The van der Waals surface area contributed by atoms with Gasteiger partial charge in [0.1, 0.15) is 5.75 Å². The number of aliphatic carboxylic acids is 1. The monoisotopic (exact) mass is 258 g/mol. The SMILES string of the molecule is O=C(O)CS(=O)(=O)C12CC3CC(CC(C3)C1)C2. The summed E-state index contributed by atoms with van der Waals surface area (Å²) in [4.78, 5) is 10.7. The van der Waals surface area contributed by atoms with Gasteiger partial charge in [-0.2, -0.15) is 0 Å². The van der Waals surface area contributed by atoms with Crippen molar-refractivity contribution in [3.63, 3.8) is 0 Å². The van der Waals surface area contributed by atoms with Crippen molar-refractivity contribution in [1.29, 1.82) is 0 Å². The average Bonchev–Trinajstić information content (AvgIpc) is 2.12. The lowest BCUT2D eigenvalue weighted by atomic mass is 9.56. The zero-order valence-corrected chi connectivity index (χ0v) is 10.6. The van der Waals surface area contributed by atoms with Crippen molar-refractivity contribution in [2.75, 3.05) is 5.75 Å². The zero-order valence-electron chi connectivity index (χ0n) is 9.76. The summed E-state index contributed by atoms with van der Waals surface area (Å²) < 4.78 is 23.9. The predicted octanol–water partition coefficient (Wildman–Crippen LogP) is 1.45. The van der Waals surface area contributed by atoms with E-state index in [1.807, 2.05) is 0 Å². The fourth-order valence-electron chi connectivity index (χ4n) is 4.73. The molecule has 96 valence electrons. The highest BCUT2D eigenvalue weighted by molar-refractivity contribution is 7.93. The number of carboxylic acids is 1. The van der Waals surface area contributed by atoms with E-state index >= 15 is 0 Å². The smallest absolute Gasteiger partial charge is 0.318 e. The van der Waals surface area contributed by atoms with E-state index in [2.05, 4.69) is 0 Å². The number of hydrogen-bond acceptors (Lipinski definition) is 3. The molecule has 1 N–H and O–H groups in total. The molecule has 0 amide bonds. The van der Waals surface area contributed by atoms with Gasteiger partial charge in [-0.1, -0.05) is 0 Å². The average molecular weight is 258 g/mol. The molecule has 0 spiro atoms. The van der Waals surface area contributed by atoms with E-state index in [4.69, 9.17) is 5.11 Å². The van der Waals surface area contributed by atoms with Gasteiger partial charge >= 0.3 is 5.97 Å². The molecule has 0 aromatic carbocycles. The van der Waals surface area contributed by atoms with Crippen LogP contribution in [0.4, 0.5) is 0 Å². The maximum atomic E-state index is 12.3. The molecule has 0 unspecified atom stereocenters. The second-order valence-corrected chi connectivity index (χ2v) is 8.64. The third-order valence-corrected chi connectivity index (χ3v) is 7.40. The fourth-order valence-corrected chi connectivity index (χ4v) is 6.83. The molecule has 4 bridgehead atoms. The summed E-state index contributed by atoms with van der Waals surface area (Å²) in [5.41, 5.74) is 0. The first kappa shape index (κ1) is 11.5. The molecular formula is C12H18O4S. The van der Waals surface area contributed by atoms with Gasteiger partial charge in [-0.15, -0.1) is 0 Å². The van der Waals surface area contributed by atoms with Crippen molar-refractivity contribution in [2.24, 2.45) is 17.8 Å². The van der Waals surface area contributed by atoms with Gasteiger partial charge in [-0.25, -0.2) is 8.42 Å². The Hall–Kier alpha value is -0.580. The predicted molar refractivity (Wildman–Crippen MR) is 62.3 cm³/mol. The molecule has 4 nitrogen and oxygen atoms in total. The highest BCUT2D eigenvalue weighted by Crippen LogP contribution is 2.58. The van der Waals surface area contributed by atoms with E-state index < -0.39 is 26.3 Å². The Labute approximate surface area is 101 Å². The van der Waals surface area contributed by atoms with Crippen LogP contribution in [0.15, 0.2) is 0 Å². The van der Waals surface area contributed by atoms with Gasteiger partial charge in [-0.05, 0) is 56.3 Å². The quantitative estimate of drug-likeness (QED) is 0.831. The van der Waals surface area contributed by atoms with Crippen LogP contribution in [0.5, 0.6) is 0 Å². The maximum absolute atomic E-state index is 12.3. The molecule has 0 heterocycles. The summed E-state index contributed by atoms with van der Waals surface area (Å²) in [7, 11) is -3.48. The summed E-state index contributed by atoms with van der Waals surface area (Å²) in [5, 5.41) is 8.77. The van der Waals surface area contributed by atoms with Gasteiger partial charge in [0.15, 0.2) is 9.84 Å². The first-order chi connectivity index (χ1) is 7.90. The highest BCUT2D eigenvalue weighted by atomic mass is 32.2. The van der Waals surface area contributed by atoms with Crippen LogP contribution in [0.1, 0.15) is 38.5 Å². The van der Waals surface area contributed by atoms with Crippen molar-refractivity contribution >= 4 is 15.8 Å². The van der Waals surface area contributed by atoms with Crippen molar-refractivity contribution in [2.45, 2.75) is 43.3 Å². The molecule has 4 aliphatic rings. The molecule has 4 saturated carbocycles. The van der Waals surface area contributed by atoms with Crippen LogP contribution in [0.25, 0.3) is 0 Å². The molecule has 4 aliphatic carbocycles. The Morgan fingerprint density at radius 2 is 1.47 bits per heavy atom. The van der Waals surface area contributed by atoms with Gasteiger partial charge in [0.25, 0.3) is 0 Å². The lowest BCUT2D eigenvalue weighted by molar-refractivity contribution is -0.134. The molecule has 5 heteroatoms. The van der Waals surface area contributed by atoms with Gasteiger partial charge in [-0.3, -0.25) is 4.79 Å². The summed E-state index contributed by atoms with van der Waals surface area (Å²) in [6, 6.07) is 0. The summed E-state index contributed by atoms with van der Waals surface area (Å²) >= 11 is 0. The summed E-state index contributed by atoms with van der Waals surface area (Å²) in [6.07, 6.45) is 5.66. The summed E-state index contributed by atoms with van der Waals surface area (Å²) in [6.45, 7) is 0. The zero-order chi connectivity index (χ0) is 12.3. The lowest BCUT2D eigenvalue weighted by Gasteiger charge is -2.55. The molecule has 0 aromatic rings. The highest BCUT2D eigenvalue weighted by Gasteiger charge is 2.57. The third kappa shape index (κ3) is 1.70. The molecule has 4 rings (SSSR count). The number of sulfone groups is 1.